The number of amides is 1. The summed E-state index contributed by atoms with van der Waals surface area (Å²) in [6.45, 7) is 2.17. The third kappa shape index (κ3) is 4.04. The maximum atomic E-state index is 12.8. The Balaban J connectivity index is 1.58. The zero-order valence-electron chi connectivity index (χ0n) is 18.0. The molecule has 1 aliphatic heterocycles. The van der Waals surface area contributed by atoms with Crippen LogP contribution in [0.1, 0.15) is 0 Å². The van der Waals surface area contributed by atoms with Crippen molar-refractivity contribution >= 4 is 23.1 Å². The first-order chi connectivity index (χ1) is 15.5. The van der Waals surface area contributed by atoms with Crippen molar-refractivity contribution in [2.24, 2.45) is 0 Å². The summed E-state index contributed by atoms with van der Waals surface area (Å²) >= 11 is 0. The van der Waals surface area contributed by atoms with Gasteiger partial charge in [-0.1, -0.05) is 0 Å². The Bertz CT molecular complexity index is 1160. The van der Waals surface area contributed by atoms with Gasteiger partial charge in [0, 0.05) is 43.3 Å². The number of carbonyl (C=O) groups excluding carboxylic acids is 1. The Morgan fingerprint density at radius 2 is 1.81 bits per heavy atom. The van der Waals surface area contributed by atoms with E-state index in [4.69, 9.17) is 18.9 Å². The van der Waals surface area contributed by atoms with E-state index in [2.05, 4.69) is 15.4 Å². The normalized spacial score (nSPS) is 13.8. The quantitative estimate of drug-likeness (QED) is 0.552. The number of morpholine rings is 1. The fraction of sp³-hybridized carbons (Fsp3) is 0.400. The van der Waals surface area contributed by atoms with Crippen LogP contribution in [0.15, 0.2) is 29.3 Å². The largest absolute Gasteiger partial charge is 0.493 e. The number of rotatable bonds is 7. The standard InChI is InChI=1S/C20H24N6O6/c1-29-14-10-13(11-15(30-2)17(14)31-3)22-16(27)12-26-20(28)25-5-4-21-18(19(25)23-26)24-6-8-32-9-7-24/h4-5,10-11H,6-9,12H2,1-3H3,(H,22,27). The van der Waals surface area contributed by atoms with Crippen molar-refractivity contribution in [3.8, 4) is 17.2 Å². The highest BCUT2D eigenvalue weighted by Gasteiger charge is 2.20. The Morgan fingerprint density at radius 1 is 1.12 bits per heavy atom. The number of carbonyl (C=O) groups is 1. The molecular formula is C20H24N6O6. The molecule has 4 rings (SSSR count). The number of methoxy groups -OCH3 is 3. The van der Waals surface area contributed by atoms with Crippen molar-refractivity contribution < 1.29 is 23.7 Å². The van der Waals surface area contributed by atoms with Gasteiger partial charge in [0.25, 0.3) is 0 Å². The highest BCUT2D eigenvalue weighted by atomic mass is 16.5. The number of fused-ring (bicyclic) bond motifs is 1. The van der Waals surface area contributed by atoms with Crippen LogP contribution in [0.5, 0.6) is 17.2 Å². The Morgan fingerprint density at radius 3 is 2.44 bits per heavy atom. The monoisotopic (exact) mass is 444 g/mol. The zero-order chi connectivity index (χ0) is 22.7. The van der Waals surface area contributed by atoms with Crippen molar-refractivity contribution in [2.45, 2.75) is 6.54 Å². The van der Waals surface area contributed by atoms with Crippen LogP contribution < -0.4 is 30.1 Å². The predicted molar refractivity (Wildman–Crippen MR) is 115 cm³/mol. The van der Waals surface area contributed by atoms with E-state index in [0.717, 1.165) is 4.68 Å². The minimum absolute atomic E-state index is 0.278. The topological polar surface area (TPSA) is 121 Å². The first-order valence-corrected chi connectivity index (χ1v) is 9.92. The summed E-state index contributed by atoms with van der Waals surface area (Å²) < 4.78 is 23.8. The molecule has 170 valence electrons. The molecule has 3 heterocycles. The van der Waals surface area contributed by atoms with Crippen molar-refractivity contribution in [2.75, 3.05) is 57.8 Å². The molecule has 12 heteroatoms. The number of anilines is 2. The molecule has 0 saturated carbocycles. The number of ether oxygens (including phenoxy) is 4. The van der Waals surface area contributed by atoms with E-state index in [0.29, 0.717) is 60.7 Å². The third-order valence-corrected chi connectivity index (χ3v) is 5.04. The summed E-state index contributed by atoms with van der Waals surface area (Å²) in [5, 5.41) is 7.09. The van der Waals surface area contributed by atoms with E-state index in [-0.39, 0.29) is 6.54 Å². The van der Waals surface area contributed by atoms with Crippen molar-refractivity contribution in [1.29, 1.82) is 0 Å². The fourth-order valence-corrected chi connectivity index (χ4v) is 3.53. The van der Waals surface area contributed by atoms with E-state index in [9.17, 15) is 9.59 Å². The smallest absolute Gasteiger partial charge is 0.350 e. The molecule has 3 aromatic rings. The maximum Gasteiger partial charge on any atom is 0.350 e. The number of hydrogen-bond donors (Lipinski definition) is 1. The molecule has 0 aliphatic carbocycles. The minimum atomic E-state index is -0.439. The van der Waals surface area contributed by atoms with E-state index >= 15 is 0 Å². The van der Waals surface area contributed by atoms with Crippen molar-refractivity contribution in [1.82, 2.24) is 19.2 Å². The minimum Gasteiger partial charge on any atom is -0.493 e. The molecule has 1 fully saturated rings. The second-order valence-corrected chi connectivity index (χ2v) is 6.95. The molecular weight excluding hydrogens is 420 g/mol. The molecule has 32 heavy (non-hydrogen) atoms. The molecule has 0 unspecified atom stereocenters. The van der Waals surface area contributed by atoms with Crippen LogP contribution in [-0.2, 0) is 16.1 Å². The molecule has 1 N–H and O–H groups in total. The van der Waals surface area contributed by atoms with E-state index in [1.165, 1.54) is 31.9 Å². The SMILES string of the molecule is COc1cc(NC(=O)Cn2nc3c(N4CCOCC4)nccn3c2=O)cc(OC)c1OC. The van der Waals surface area contributed by atoms with Crippen LogP contribution in [0, 0.1) is 0 Å². The van der Waals surface area contributed by atoms with Crippen LogP contribution >= 0.6 is 0 Å². The molecule has 1 aromatic carbocycles. The Kier molecular flexibility index (Phi) is 6.12. The van der Waals surface area contributed by atoms with Gasteiger partial charge in [0.05, 0.1) is 34.5 Å². The predicted octanol–water partition coefficient (Wildman–Crippen LogP) is 0.392. The first-order valence-electron chi connectivity index (χ1n) is 9.92. The van der Waals surface area contributed by atoms with E-state index < -0.39 is 11.6 Å². The highest BCUT2D eigenvalue weighted by Crippen LogP contribution is 2.39. The van der Waals surface area contributed by atoms with Crippen LogP contribution in [0.25, 0.3) is 5.65 Å². The fourth-order valence-electron chi connectivity index (χ4n) is 3.53. The van der Waals surface area contributed by atoms with Crippen LogP contribution in [0.4, 0.5) is 11.5 Å². The Hall–Kier alpha value is -3.80. The van der Waals surface area contributed by atoms with Gasteiger partial charge in [-0.05, 0) is 0 Å². The van der Waals surface area contributed by atoms with Gasteiger partial charge in [-0.2, -0.15) is 0 Å². The number of nitrogens with zero attached hydrogens (tertiary/aromatic N) is 5. The Labute approximate surface area is 183 Å². The number of hydrogen-bond acceptors (Lipinski definition) is 9. The molecule has 0 spiro atoms. The molecule has 2 aromatic heterocycles. The average molecular weight is 444 g/mol. The van der Waals surface area contributed by atoms with Gasteiger partial charge in [-0.25, -0.2) is 18.9 Å². The summed E-state index contributed by atoms with van der Waals surface area (Å²) in [4.78, 5) is 31.9. The molecule has 12 nitrogen and oxygen atoms in total. The van der Waals surface area contributed by atoms with Crippen LogP contribution in [0.2, 0.25) is 0 Å². The second-order valence-electron chi connectivity index (χ2n) is 6.95. The van der Waals surface area contributed by atoms with Crippen LogP contribution in [-0.4, -0.2) is 72.7 Å². The molecule has 0 bridgehead atoms. The number of aromatic nitrogens is 4. The molecule has 0 radical (unpaired) electrons. The lowest BCUT2D eigenvalue weighted by Crippen LogP contribution is -2.37. The van der Waals surface area contributed by atoms with Crippen molar-refractivity contribution in [3.05, 3.63) is 35.0 Å². The molecule has 1 saturated heterocycles. The third-order valence-electron chi connectivity index (χ3n) is 5.04. The van der Waals surface area contributed by atoms with Crippen molar-refractivity contribution in [3.63, 3.8) is 0 Å². The lowest BCUT2D eigenvalue weighted by Gasteiger charge is -2.27. The number of benzene rings is 1. The highest BCUT2D eigenvalue weighted by molar-refractivity contribution is 5.91. The van der Waals surface area contributed by atoms with Gasteiger partial charge in [0.1, 0.15) is 6.54 Å². The number of nitrogens with one attached hydrogen (secondary N) is 1. The van der Waals surface area contributed by atoms with Crippen LogP contribution in [0.3, 0.4) is 0 Å². The van der Waals surface area contributed by atoms with Gasteiger partial charge in [0.2, 0.25) is 17.3 Å². The second kappa shape index (κ2) is 9.14. The zero-order valence-corrected chi connectivity index (χ0v) is 18.0. The van der Waals surface area contributed by atoms with Gasteiger partial charge >= 0.3 is 5.69 Å². The summed E-state index contributed by atoms with van der Waals surface area (Å²) in [6, 6.07) is 3.21. The van der Waals surface area contributed by atoms with E-state index in [1.54, 1.807) is 18.3 Å². The van der Waals surface area contributed by atoms with Gasteiger partial charge in [-0.3, -0.25) is 4.79 Å². The van der Waals surface area contributed by atoms with E-state index in [1.807, 2.05) is 4.90 Å². The first kappa shape index (κ1) is 21.4. The maximum absolute atomic E-state index is 12.8. The molecule has 1 amide bonds. The molecule has 0 atom stereocenters. The summed E-state index contributed by atoms with van der Waals surface area (Å²) in [6.07, 6.45) is 3.07. The summed E-state index contributed by atoms with van der Waals surface area (Å²) in [7, 11) is 4.47. The average Bonchev–Trinajstić information content (AvgIpc) is 3.14. The lowest BCUT2D eigenvalue weighted by atomic mass is 10.2. The summed E-state index contributed by atoms with van der Waals surface area (Å²) in [5.41, 5.74) is 0.383. The summed E-state index contributed by atoms with van der Waals surface area (Å²) in [5.74, 6) is 1.34. The molecule has 1 aliphatic rings. The van der Waals surface area contributed by atoms with Gasteiger partial charge < -0.3 is 29.2 Å². The van der Waals surface area contributed by atoms with Gasteiger partial charge in [0.15, 0.2) is 17.3 Å². The lowest BCUT2D eigenvalue weighted by molar-refractivity contribution is -0.117. The van der Waals surface area contributed by atoms with Gasteiger partial charge in [-0.15, -0.1) is 5.10 Å².